The predicted molar refractivity (Wildman–Crippen MR) is 112 cm³/mol. The molecular weight excluding hydrogens is 374 g/mol. The summed E-state index contributed by atoms with van der Waals surface area (Å²) >= 11 is 1.56. The number of aryl methyl sites for hydroxylation is 1. The van der Waals surface area contributed by atoms with E-state index in [0.717, 1.165) is 29.8 Å². The number of aromatic amines is 1. The minimum Gasteiger partial charge on any atom is -0.310 e. The molecule has 0 saturated heterocycles. The van der Waals surface area contributed by atoms with Crippen LogP contribution in [0.4, 0.5) is 5.82 Å². The first-order valence-corrected chi connectivity index (χ1v) is 10.5. The Morgan fingerprint density at radius 1 is 1.29 bits per heavy atom. The molecule has 3 heterocycles. The molecule has 0 radical (unpaired) electrons. The van der Waals surface area contributed by atoms with Crippen molar-refractivity contribution >= 4 is 23.1 Å². The van der Waals surface area contributed by atoms with Gasteiger partial charge in [-0.25, -0.2) is 4.98 Å². The molecule has 0 aliphatic heterocycles. The molecule has 0 fully saturated rings. The number of thiophene rings is 1. The SMILES string of the molecule is CCCc1cc(=O)[nH]c(-n2nc(-c3cccs3)cc2NC(=O)C(CC)CC)n1. The van der Waals surface area contributed by atoms with Gasteiger partial charge in [0.05, 0.1) is 4.88 Å². The second kappa shape index (κ2) is 8.97. The first-order valence-electron chi connectivity index (χ1n) is 9.61. The molecule has 0 aliphatic rings. The summed E-state index contributed by atoms with van der Waals surface area (Å²) in [5.74, 6) is 0.665. The Kier molecular flexibility index (Phi) is 6.41. The van der Waals surface area contributed by atoms with Gasteiger partial charge in [-0.05, 0) is 30.7 Å². The van der Waals surface area contributed by atoms with E-state index in [4.69, 9.17) is 0 Å². The standard InChI is InChI=1S/C20H25N5O2S/c1-4-8-14-11-18(26)23-20(21-14)25-17(22-19(27)13(5-2)6-3)12-15(24-25)16-9-7-10-28-16/h7,9-13H,4-6,8H2,1-3H3,(H,22,27)(H,21,23,26). The summed E-state index contributed by atoms with van der Waals surface area (Å²) in [5.41, 5.74) is 1.18. The Morgan fingerprint density at radius 3 is 2.71 bits per heavy atom. The Morgan fingerprint density at radius 2 is 2.07 bits per heavy atom. The topological polar surface area (TPSA) is 92.7 Å². The average molecular weight is 400 g/mol. The Hall–Kier alpha value is -2.74. The highest BCUT2D eigenvalue weighted by molar-refractivity contribution is 7.13. The molecule has 3 aromatic heterocycles. The lowest BCUT2D eigenvalue weighted by atomic mass is 10.0. The van der Waals surface area contributed by atoms with Crippen LogP contribution >= 0.6 is 11.3 Å². The largest absolute Gasteiger partial charge is 0.310 e. The van der Waals surface area contributed by atoms with E-state index < -0.39 is 0 Å². The maximum atomic E-state index is 12.6. The molecule has 0 saturated carbocycles. The van der Waals surface area contributed by atoms with E-state index in [2.05, 4.69) is 20.4 Å². The van der Waals surface area contributed by atoms with Gasteiger partial charge >= 0.3 is 0 Å². The van der Waals surface area contributed by atoms with Gasteiger partial charge in [-0.1, -0.05) is 33.3 Å². The summed E-state index contributed by atoms with van der Waals surface area (Å²) in [6.45, 7) is 6.03. The molecule has 28 heavy (non-hydrogen) atoms. The zero-order chi connectivity index (χ0) is 20.1. The van der Waals surface area contributed by atoms with Crippen LogP contribution in [0.25, 0.3) is 16.5 Å². The van der Waals surface area contributed by atoms with E-state index in [1.807, 2.05) is 44.4 Å². The smallest absolute Gasteiger partial charge is 0.252 e. The molecule has 2 N–H and O–H groups in total. The number of carbonyl (C=O) groups excluding carboxylic acids is 1. The number of amides is 1. The maximum absolute atomic E-state index is 12.6. The van der Waals surface area contributed by atoms with Gasteiger partial charge in [0.15, 0.2) is 0 Å². The number of H-pyrrole nitrogens is 1. The van der Waals surface area contributed by atoms with Crippen molar-refractivity contribution in [2.75, 3.05) is 5.32 Å². The molecule has 0 unspecified atom stereocenters. The molecule has 148 valence electrons. The number of anilines is 1. The van der Waals surface area contributed by atoms with Crippen molar-refractivity contribution in [2.24, 2.45) is 5.92 Å². The molecule has 0 aliphatic carbocycles. The van der Waals surface area contributed by atoms with Crippen molar-refractivity contribution in [1.29, 1.82) is 0 Å². The predicted octanol–water partition coefficient (Wildman–Crippen LogP) is 4.01. The van der Waals surface area contributed by atoms with Crippen molar-refractivity contribution in [3.05, 3.63) is 45.7 Å². The number of carbonyl (C=O) groups is 1. The summed E-state index contributed by atoms with van der Waals surface area (Å²) in [6.07, 6.45) is 3.10. The van der Waals surface area contributed by atoms with Crippen LogP contribution in [0.3, 0.4) is 0 Å². The van der Waals surface area contributed by atoms with Gasteiger partial charge in [0.2, 0.25) is 11.9 Å². The van der Waals surface area contributed by atoms with Crippen molar-refractivity contribution in [3.8, 4) is 16.5 Å². The van der Waals surface area contributed by atoms with Gasteiger partial charge in [0, 0.05) is 23.7 Å². The fraction of sp³-hybridized carbons (Fsp3) is 0.400. The molecule has 0 atom stereocenters. The van der Waals surface area contributed by atoms with E-state index in [0.29, 0.717) is 23.9 Å². The van der Waals surface area contributed by atoms with Crippen LogP contribution in [-0.4, -0.2) is 25.7 Å². The molecule has 0 spiro atoms. The summed E-state index contributed by atoms with van der Waals surface area (Å²) < 4.78 is 1.51. The molecule has 3 rings (SSSR count). The van der Waals surface area contributed by atoms with Crippen molar-refractivity contribution in [3.63, 3.8) is 0 Å². The summed E-state index contributed by atoms with van der Waals surface area (Å²) in [5, 5.41) is 9.55. The molecule has 0 aromatic carbocycles. The molecular formula is C20H25N5O2S. The lowest BCUT2D eigenvalue weighted by Crippen LogP contribution is -2.24. The second-order valence-electron chi connectivity index (χ2n) is 6.62. The lowest BCUT2D eigenvalue weighted by Gasteiger charge is -2.13. The quantitative estimate of drug-likeness (QED) is 0.598. The average Bonchev–Trinajstić information content (AvgIpc) is 3.32. The van der Waals surface area contributed by atoms with Gasteiger partial charge in [0.25, 0.3) is 5.56 Å². The summed E-state index contributed by atoms with van der Waals surface area (Å²) in [4.78, 5) is 33.0. The number of hydrogen-bond acceptors (Lipinski definition) is 5. The van der Waals surface area contributed by atoms with Crippen LogP contribution in [0, 0.1) is 5.92 Å². The van der Waals surface area contributed by atoms with Gasteiger partial charge in [-0.3, -0.25) is 14.6 Å². The van der Waals surface area contributed by atoms with E-state index in [1.165, 1.54) is 10.7 Å². The van der Waals surface area contributed by atoms with Crippen molar-refractivity contribution in [2.45, 2.75) is 46.5 Å². The van der Waals surface area contributed by atoms with Gasteiger partial charge in [-0.15, -0.1) is 11.3 Å². The highest BCUT2D eigenvalue weighted by Gasteiger charge is 2.20. The van der Waals surface area contributed by atoms with Crippen LogP contribution < -0.4 is 10.9 Å². The summed E-state index contributed by atoms with van der Waals surface area (Å²) in [7, 11) is 0. The number of hydrogen-bond donors (Lipinski definition) is 2. The van der Waals surface area contributed by atoms with Crippen LogP contribution in [0.5, 0.6) is 0 Å². The molecule has 8 heteroatoms. The fourth-order valence-corrected chi connectivity index (χ4v) is 3.72. The third-order valence-corrected chi connectivity index (χ3v) is 5.47. The Bertz CT molecular complexity index is 986. The van der Waals surface area contributed by atoms with E-state index >= 15 is 0 Å². The summed E-state index contributed by atoms with van der Waals surface area (Å²) in [6, 6.07) is 7.23. The Balaban J connectivity index is 2.06. The second-order valence-corrected chi connectivity index (χ2v) is 7.56. The van der Waals surface area contributed by atoms with E-state index in [1.54, 1.807) is 11.3 Å². The molecule has 3 aromatic rings. The van der Waals surface area contributed by atoms with Gasteiger partial charge in [0.1, 0.15) is 11.5 Å². The zero-order valence-electron chi connectivity index (χ0n) is 16.4. The lowest BCUT2D eigenvalue weighted by molar-refractivity contribution is -0.120. The first-order chi connectivity index (χ1) is 13.5. The third kappa shape index (κ3) is 4.39. The molecule has 0 bridgehead atoms. The third-order valence-electron chi connectivity index (χ3n) is 4.58. The Labute approximate surface area is 167 Å². The highest BCUT2D eigenvalue weighted by atomic mass is 32.1. The van der Waals surface area contributed by atoms with Crippen molar-refractivity contribution < 1.29 is 4.79 Å². The highest BCUT2D eigenvalue weighted by Crippen LogP contribution is 2.27. The maximum Gasteiger partial charge on any atom is 0.252 e. The fourth-order valence-electron chi connectivity index (χ4n) is 3.04. The minimum absolute atomic E-state index is 0.0593. The van der Waals surface area contributed by atoms with E-state index in [-0.39, 0.29) is 17.4 Å². The van der Waals surface area contributed by atoms with Gasteiger partial charge < -0.3 is 5.32 Å². The monoisotopic (exact) mass is 399 g/mol. The molecule has 7 nitrogen and oxygen atoms in total. The van der Waals surface area contributed by atoms with Crippen LogP contribution in [-0.2, 0) is 11.2 Å². The number of nitrogens with one attached hydrogen (secondary N) is 2. The molecule has 1 amide bonds. The van der Waals surface area contributed by atoms with E-state index in [9.17, 15) is 9.59 Å². The number of rotatable bonds is 8. The number of aromatic nitrogens is 4. The van der Waals surface area contributed by atoms with Crippen LogP contribution in [0.2, 0.25) is 0 Å². The van der Waals surface area contributed by atoms with Crippen LogP contribution in [0.1, 0.15) is 45.7 Å². The first kappa shape index (κ1) is 20.0. The van der Waals surface area contributed by atoms with Gasteiger partial charge in [-0.2, -0.15) is 9.78 Å². The normalized spacial score (nSPS) is 11.1. The van der Waals surface area contributed by atoms with Crippen molar-refractivity contribution in [1.82, 2.24) is 19.7 Å². The minimum atomic E-state index is -0.237. The van der Waals surface area contributed by atoms with Crippen LogP contribution in [0.15, 0.2) is 34.4 Å². The number of nitrogens with zero attached hydrogens (tertiary/aromatic N) is 3. The zero-order valence-corrected chi connectivity index (χ0v) is 17.2.